The average molecular weight is 441 g/mol. The smallest absolute Gasteiger partial charge is 0.334 e. The molecule has 5 heteroatoms. The fourth-order valence-electron chi connectivity index (χ4n) is 3.31. The van der Waals surface area contributed by atoms with Crippen molar-refractivity contribution in [3.8, 4) is 11.1 Å². The van der Waals surface area contributed by atoms with Crippen molar-refractivity contribution in [2.45, 2.75) is 77.4 Å². The van der Waals surface area contributed by atoms with Crippen molar-refractivity contribution in [2.75, 3.05) is 6.61 Å². The SMILES string of the molecule is CC(C)(C)OC(=O)CCCCOC(=O)C(O)CCCCc1ccc(-c2ccccc2)cc1. The Balaban J connectivity index is 1.56. The van der Waals surface area contributed by atoms with Crippen molar-refractivity contribution < 1.29 is 24.2 Å². The summed E-state index contributed by atoms with van der Waals surface area (Å²) in [4.78, 5) is 23.5. The summed E-state index contributed by atoms with van der Waals surface area (Å²) in [6.45, 7) is 5.69. The van der Waals surface area contributed by atoms with Crippen molar-refractivity contribution in [1.82, 2.24) is 0 Å². The Labute approximate surface area is 191 Å². The van der Waals surface area contributed by atoms with Gasteiger partial charge in [0.25, 0.3) is 0 Å². The number of aliphatic hydroxyl groups excluding tert-OH is 1. The lowest BCUT2D eigenvalue weighted by Gasteiger charge is -2.19. The zero-order valence-electron chi connectivity index (χ0n) is 19.5. The van der Waals surface area contributed by atoms with E-state index in [1.165, 1.54) is 16.7 Å². The van der Waals surface area contributed by atoms with E-state index < -0.39 is 17.7 Å². The highest BCUT2D eigenvalue weighted by Crippen LogP contribution is 2.20. The lowest BCUT2D eigenvalue weighted by atomic mass is 10.0. The van der Waals surface area contributed by atoms with Crippen LogP contribution in [0.2, 0.25) is 0 Å². The van der Waals surface area contributed by atoms with Crippen molar-refractivity contribution >= 4 is 11.9 Å². The molecular weight excluding hydrogens is 404 g/mol. The van der Waals surface area contributed by atoms with Crippen LogP contribution in [0.3, 0.4) is 0 Å². The molecule has 0 radical (unpaired) electrons. The van der Waals surface area contributed by atoms with Gasteiger partial charge in [0.1, 0.15) is 5.60 Å². The number of ether oxygens (including phenoxy) is 2. The van der Waals surface area contributed by atoms with Gasteiger partial charge in [-0.2, -0.15) is 0 Å². The normalized spacial score (nSPS) is 12.2. The molecule has 0 aliphatic heterocycles. The van der Waals surface area contributed by atoms with Gasteiger partial charge in [0, 0.05) is 6.42 Å². The number of aliphatic hydroxyl groups is 1. The largest absolute Gasteiger partial charge is 0.464 e. The van der Waals surface area contributed by atoms with Crippen molar-refractivity contribution in [3.63, 3.8) is 0 Å². The van der Waals surface area contributed by atoms with Crippen molar-refractivity contribution in [3.05, 3.63) is 60.2 Å². The van der Waals surface area contributed by atoms with E-state index >= 15 is 0 Å². The van der Waals surface area contributed by atoms with Gasteiger partial charge in [-0.15, -0.1) is 0 Å². The van der Waals surface area contributed by atoms with Crippen molar-refractivity contribution in [2.24, 2.45) is 0 Å². The highest BCUT2D eigenvalue weighted by molar-refractivity contribution is 5.74. The predicted octanol–water partition coefficient (Wildman–Crippen LogP) is 5.48. The minimum Gasteiger partial charge on any atom is -0.464 e. The molecule has 0 aromatic heterocycles. The first-order valence-electron chi connectivity index (χ1n) is 11.5. The lowest BCUT2D eigenvalue weighted by Crippen LogP contribution is -2.24. The molecule has 0 amide bonds. The zero-order chi connectivity index (χ0) is 23.4. The summed E-state index contributed by atoms with van der Waals surface area (Å²) in [5.74, 6) is -0.840. The van der Waals surface area contributed by atoms with Crippen molar-refractivity contribution in [1.29, 1.82) is 0 Å². The van der Waals surface area contributed by atoms with Gasteiger partial charge in [-0.05, 0) is 76.0 Å². The van der Waals surface area contributed by atoms with E-state index in [1.54, 1.807) is 0 Å². The van der Waals surface area contributed by atoms with E-state index in [9.17, 15) is 14.7 Å². The van der Waals surface area contributed by atoms with E-state index in [0.29, 0.717) is 25.7 Å². The number of rotatable bonds is 12. The van der Waals surface area contributed by atoms with Crippen LogP contribution in [0.25, 0.3) is 11.1 Å². The molecule has 0 spiro atoms. The predicted molar refractivity (Wildman–Crippen MR) is 126 cm³/mol. The average Bonchev–Trinajstić information content (AvgIpc) is 2.76. The van der Waals surface area contributed by atoms with E-state index in [1.807, 2.05) is 39.0 Å². The van der Waals surface area contributed by atoms with Gasteiger partial charge in [-0.3, -0.25) is 4.79 Å². The molecule has 2 aromatic carbocycles. The third kappa shape index (κ3) is 10.1. The summed E-state index contributed by atoms with van der Waals surface area (Å²) in [6, 6.07) is 18.8. The second kappa shape index (κ2) is 13.0. The van der Waals surface area contributed by atoms with Crippen LogP contribution < -0.4 is 0 Å². The minimum absolute atomic E-state index is 0.201. The number of benzene rings is 2. The summed E-state index contributed by atoms with van der Waals surface area (Å²) in [5.41, 5.74) is 3.15. The summed E-state index contributed by atoms with van der Waals surface area (Å²) < 4.78 is 10.3. The molecule has 1 N–H and O–H groups in total. The number of unbranched alkanes of at least 4 members (excludes halogenated alkanes) is 2. The maximum absolute atomic E-state index is 11.9. The van der Waals surface area contributed by atoms with E-state index in [0.717, 1.165) is 19.3 Å². The third-order valence-electron chi connectivity index (χ3n) is 4.97. The van der Waals surface area contributed by atoms with Gasteiger partial charge in [-0.1, -0.05) is 54.6 Å². The summed E-state index contributed by atoms with van der Waals surface area (Å²) in [5, 5.41) is 10.0. The highest BCUT2D eigenvalue weighted by Gasteiger charge is 2.17. The Bertz CT molecular complexity index is 821. The molecule has 0 bridgehead atoms. The molecule has 0 aliphatic carbocycles. The molecule has 2 aromatic rings. The van der Waals surface area contributed by atoms with Gasteiger partial charge < -0.3 is 14.6 Å². The van der Waals surface area contributed by atoms with Crippen LogP contribution in [0, 0.1) is 0 Å². The molecular formula is C27H36O5. The number of carbonyl (C=O) groups excluding carboxylic acids is 2. The Morgan fingerprint density at radius 1 is 0.875 bits per heavy atom. The molecule has 0 saturated heterocycles. The molecule has 5 nitrogen and oxygen atoms in total. The standard InChI is InChI=1S/C27H36O5/c1-27(2,3)32-25(29)15-9-10-20-31-26(30)24(28)14-8-7-11-21-16-18-23(19-17-21)22-12-5-4-6-13-22/h4-6,12-13,16-19,24,28H,7-11,14-15,20H2,1-3H3. The molecule has 0 saturated carbocycles. The maximum Gasteiger partial charge on any atom is 0.334 e. The Morgan fingerprint density at radius 3 is 2.19 bits per heavy atom. The second-order valence-electron chi connectivity index (χ2n) is 9.04. The molecule has 1 unspecified atom stereocenters. The van der Waals surface area contributed by atoms with Gasteiger partial charge in [0.15, 0.2) is 6.10 Å². The molecule has 0 heterocycles. The van der Waals surface area contributed by atoms with Crippen LogP contribution in [-0.4, -0.2) is 35.4 Å². The topological polar surface area (TPSA) is 72.8 Å². The summed E-state index contributed by atoms with van der Waals surface area (Å²) >= 11 is 0. The molecule has 0 aliphatic rings. The first kappa shape index (κ1) is 25.6. The quantitative estimate of drug-likeness (QED) is 0.349. The van der Waals surface area contributed by atoms with E-state index in [-0.39, 0.29) is 12.6 Å². The number of hydrogen-bond donors (Lipinski definition) is 1. The Kier molecular flexibility index (Phi) is 10.4. The fraction of sp³-hybridized carbons (Fsp3) is 0.481. The number of carbonyl (C=O) groups is 2. The number of esters is 2. The molecule has 1 atom stereocenters. The monoisotopic (exact) mass is 440 g/mol. The summed E-state index contributed by atoms with van der Waals surface area (Å²) in [7, 11) is 0. The summed E-state index contributed by atoms with van der Waals surface area (Å²) in [6.07, 6.45) is 3.28. The maximum atomic E-state index is 11.9. The molecule has 2 rings (SSSR count). The molecule has 32 heavy (non-hydrogen) atoms. The minimum atomic E-state index is -1.10. The lowest BCUT2D eigenvalue weighted by molar-refractivity contribution is -0.155. The zero-order valence-corrected chi connectivity index (χ0v) is 19.5. The first-order chi connectivity index (χ1) is 15.2. The fourth-order valence-corrected chi connectivity index (χ4v) is 3.31. The number of hydrogen-bond acceptors (Lipinski definition) is 5. The Hall–Kier alpha value is -2.66. The van der Waals surface area contributed by atoms with Crippen LogP contribution in [0.1, 0.15) is 64.9 Å². The van der Waals surface area contributed by atoms with E-state index in [4.69, 9.17) is 9.47 Å². The van der Waals surface area contributed by atoms with Crippen LogP contribution >= 0.6 is 0 Å². The van der Waals surface area contributed by atoms with Gasteiger partial charge in [-0.25, -0.2) is 4.79 Å². The van der Waals surface area contributed by atoms with Crippen LogP contribution in [0.4, 0.5) is 0 Å². The van der Waals surface area contributed by atoms with E-state index in [2.05, 4.69) is 36.4 Å². The van der Waals surface area contributed by atoms with Gasteiger partial charge in [0.2, 0.25) is 0 Å². The van der Waals surface area contributed by atoms with Crippen LogP contribution in [0.15, 0.2) is 54.6 Å². The van der Waals surface area contributed by atoms with Gasteiger partial charge in [0.05, 0.1) is 6.61 Å². The van der Waals surface area contributed by atoms with Crippen LogP contribution in [-0.2, 0) is 25.5 Å². The van der Waals surface area contributed by atoms with Gasteiger partial charge >= 0.3 is 11.9 Å². The third-order valence-corrected chi connectivity index (χ3v) is 4.97. The first-order valence-corrected chi connectivity index (χ1v) is 11.5. The molecule has 174 valence electrons. The number of aryl methyl sites for hydroxylation is 1. The Morgan fingerprint density at radius 2 is 1.53 bits per heavy atom. The highest BCUT2D eigenvalue weighted by atomic mass is 16.6. The van der Waals surface area contributed by atoms with Crippen LogP contribution in [0.5, 0.6) is 0 Å². The second-order valence-corrected chi connectivity index (χ2v) is 9.04. The molecule has 0 fully saturated rings.